The van der Waals surface area contributed by atoms with Crippen LogP contribution in [0.1, 0.15) is 400 Å². The zero-order valence-electron chi connectivity index (χ0n) is 55.3. The number of ether oxygens (including phenoxy) is 3. The average molecular weight is 1150 g/mol. The van der Waals surface area contributed by atoms with Crippen molar-refractivity contribution in [2.45, 2.75) is 406 Å². The fraction of sp³-hybridized carbons (Fsp3) is 0.855. The van der Waals surface area contributed by atoms with Gasteiger partial charge in [0.25, 0.3) is 0 Å². The van der Waals surface area contributed by atoms with E-state index in [-0.39, 0.29) is 31.1 Å². The number of esters is 3. The van der Waals surface area contributed by atoms with Crippen LogP contribution >= 0.6 is 0 Å². The van der Waals surface area contributed by atoms with Crippen LogP contribution in [0.3, 0.4) is 0 Å². The van der Waals surface area contributed by atoms with Gasteiger partial charge in [-0.2, -0.15) is 0 Å². The molecule has 0 heterocycles. The van der Waals surface area contributed by atoms with E-state index in [9.17, 15) is 14.4 Å². The van der Waals surface area contributed by atoms with Gasteiger partial charge in [-0.1, -0.05) is 333 Å². The number of allylic oxidation sites excluding steroid dienone is 8. The number of rotatable bonds is 68. The van der Waals surface area contributed by atoms with Gasteiger partial charge in [-0.05, 0) is 96.3 Å². The Morgan fingerprint density at radius 2 is 0.451 bits per heavy atom. The number of carbonyl (C=O) groups excluding carboxylic acids is 3. The van der Waals surface area contributed by atoms with Crippen LogP contribution < -0.4 is 0 Å². The maximum absolute atomic E-state index is 12.9. The Labute approximate surface area is 511 Å². The van der Waals surface area contributed by atoms with Crippen molar-refractivity contribution >= 4 is 17.9 Å². The number of hydrogen-bond acceptors (Lipinski definition) is 6. The largest absolute Gasteiger partial charge is 0.462 e. The fourth-order valence-corrected chi connectivity index (χ4v) is 11.0. The van der Waals surface area contributed by atoms with E-state index >= 15 is 0 Å². The fourth-order valence-electron chi connectivity index (χ4n) is 11.0. The summed E-state index contributed by atoms with van der Waals surface area (Å²) in [5.74, 6) is -0.870. The second-order valence-corrected chi connectivity index (χ2v) is 24.8. The van der Waals surface area contributed by atoms with Crippen molar-refractivity contribution in [2.24, 2.45) is 0 Å². The number of hydrogen-bond donors (Lipinski definition) is 0. The Morgan fingerprint density at radius 3 is 0.732 bits per heavy atom. The first-order valence-electron chi connectivity index (χ1n) is 36.6. The van der Waals surface area contributed by atoms with Crippen LogP contribution in [0, 0.1) is 0 Å². The molecule has 480 valence electrons. The molecule has 0 aliphatic rings. The van der Waals surface area contributed by atoms with E-state index in [4.69, 9.17) is 14.2 Å². The normalized spacial score (nSPS) is 12.3. The molecule has 0 amide bonds. The van der Waals surface area contributed by atoms with E-state index in [0.717, 1.165) is 77.0 Å². The number of unbranched alkanes of at least 4 members (excludes halogenated alkanes) is 49. The highest BCUT2D eigenvalue weighted by atomic mass is 16.6. The second-order valence-electron chi connectivity index (χ2n) is 24.8. The van der Waals surface area contributed by atoms with Crippen LogP contribution in [0.4, 0.5) is 0 Å². The van der Waals surface area contributed by atoms with Crippen molar-refractivity contribution in [3.8, 4) is 0 Å². The molecule has 0 saturated heterocycles. The lowest BCUT2D eigenvalue weighted by molar-refractivity contribution is -0.167. The molecule has 6 nitrogen and oxygen atoms in total. The minimum atomic E-state index is -0.779. The summed E-state index contributed by atoms with van der Waals surface area (Å²) in [5, 5.41) is 0. The highest BCUT2D eigenvalue weighted by molar-refractivity contribution is 5.71. The third-order valence-corrected chi connectivity index (χ3v) is 16.5. The highest BCUT2D eigenvalue weighted by Gasteiger charge is 2.19. The molecule has 0 rings (SSSR count). The molecule has 0 fully saturated rings. The van der Waals surface area contributed by atoms with Crippen LogP contribution in [0.2, 0.25) is 0 Å². The van der Waals surface area contributed by atoms with Crippen LogP contribution in [0.5, 0.6) is 0 Å². The molecular weight excluding hydrogens is 1010 g/mol. The van der Waals surface area contributed by atoms with Crippen molar-refractivity contribution in [1.82, 2.24) is 0 Å². The van der Waals surface area contributed by atoms with Crippen LogP contribution in [0.15, 0.2) is 48.6 Å². The average Bonchev–Trinajstić information content (AvgIpc) is 3.47. The molecule has 0 aromatic carbocycles. The van der Waals surface area contributed by atoms with E-state index in [1.54, 1.807) is 0 Å². The van der Waals surface area contributed by atoms with Gasteiger partial charge in [-0.25, -0.2) is 0 Å². The topological polar surface area (TPSA) is 78.9 Å². The quantitative estimate of drug-likeness (QED) is 0.0261. The summed E-state index contributed by atoms with van der Waals surface area (Å²) >= 11 is 0. The summed E-state index contributed by atoms with van der Waals surface area (Å²) in [7, 11) is 0. The molecule has 0 N–H and O–H groups in total. The van der Waals surface area contributed by atoms with Gasteiger partial charge in [-0.15, -0.1) is 0 Å². The standard InChI is InChI=1S/C76H140O6/c1-4-7-10-13-16-19-22-24-26-28-30-31-32-33-34-35-36-37-38-39-40-41-42-43-44-45-46-48-49-51-54-57-60-63-66-69-75(78)81-72-73(71-80-74(77)68-65-62-59-56-53-21-18-15-12-9-6-3)82-76(79)70-67-64-61-58-55-52-50-47-29-27-25-23-20-17-14-11-8-5-2/h15,18,20,23,27-30,73H,4-14,16-17,19,21-22,24-26,31-72H2,1-3H3/b18-15-,23-20-,29-27-,30-28-. The van der Waals surface area contributed by atoms with Crippen LogP contribution in [0.25, 0.3) is 0 Å². The highest BCUT2D eigenvalue weighted by Crippen LogP contribution is 2.18. The summed E-state index contributed by atoms with van der Waals surface area (Å²) in [6.45, 7) is 6.63. The minimum absolute atomic E-state index is 0.0751. The first-order chi connectivity index (χ1) is 40.5. The zero-order valence-corrected chi connectivity index (χ0v) is 55.3. The molecule has 82 heavy (non-hydrogen) atoms. The molecule has 0 radical (unpaired) electrons. The van der Waals surface area contributed by atoms with Crippen LogP contribution in [-0.2, 0) is 28.6 Å². The molecule has 0 aromatic rings. The molecule has 0 saturated carbocycles. The molecule has 0 aliphatic heterocycles. The van der Waals surface area contributed by atoms with Gasteiger partial charge in [-0.3, -0.25) is 14.4 Å². The van der Waals surface area contributed by atoms with Crippen molar-refractivity contribution in [3.63, 3.8) is 0 Å². The summed E-state index contributed by atoms with van der Waals surface area (Å²) in [4.78, 5) is 38.3. The van der Waals surface area contributed by atoms with Crippen molar-refractivity contribution in [3.05, 3.63) is 48.6 Å². The smallest absolute Gasteiger partial charge is 0.306 e. The second kappa shape index (κ2) is 70.9. The summed E-state index contributed by atoms with van der Waals surface area (Å²) in [6.07, 6.45) is 90.3. The Balaban J connectivity index is 4.05. The van der Waals surface area contributed by atoms with Gasteiger partial charge in [0, 0.05) is 19.3 Å². The van der Waals surface area contributed by atoms with Crippen molar-refractivity contribution in [2.75, 3.05) is 13.2 Å². The summed E-state index contributed by atoms with van der Waals surface area (Å²) in [6, 6.07) is 0. The molecule has 0 aromatic heterocycles. The maximum Gasteiger partial charge on any atom is 0.306 e. The lowest BCUT2D eigenvalue weighted by Crippen LogP contribution is -2.30. The third kappa shape index (κ3) is 68.2. The first kappa shape index (κ1) is 79.4. The van der Waals surface area contributed by atoms with E-state index in [1.807, 2.05) is 0 Å². The Morgan fingerprint density at radius 1 is 0.244 bits per heavy atom. The van der Waals surface area contributed by atoms with E-state index in [0.29, 0.717) is 19.3 Å². The minimum Gasteiger partial charge on any atom is -0.462 e. The molecule has 0 bridgehead atoms. The van der Waals surface area contributed by atoms with E-state index in [2.05, 4.69) is 69.4 Å². The predicted molar refractivity (Wildman–Crippen MR) is 358 cm³/mol. The molecule has 0 spiro atoms. The molecule has 6 heteroatoms. The first-order valence-corrected chi connectivity index (χ1v) is 36.6. The summed E-state index contributed by atoms with van der Waals surface area (Å²) in [5.41, 5.74) is 0. The van der Waals surface area contributed by atoms with Gasteiger partial charge in [0.1, 0.15) is 13.2 Å². The number of carbonyl (C=O) groups is 3. The van der Waals surface area contributed by atoms with Crippen LogP contribution in [-0.4, -0.2) is 37.2 Å². The van der Waals surface area contributed by atoms with Gasteiger partial charge >= 0.3 is 17.9 Å². The Hall–Kier alpha value is -2.63. The maximum atomic E-state index is 12.9. The summed E-state index contributed by atoms with van der Waals surface area (Å²) < 4.78 is 16.9. The lowest BCUT2D eigenvalue weighted by Gasteiger charge is -2.18. The molecule has 0 aliphatic carbocycles. The van der Waals surface area contributed by atoms with Crippen molar-refractivity contribution < 1.29 is 28.6 Å². The van der Waals surface area contributed by atoms with E-state index in [1.165, 1.54) is 283 Å². The predicted octanol–water partition coefficient (Wildman–Crippen LogP) is 25.3. The van der Waals surface area contributed by atoms with Gasteiger partial charge in [0.15, 0.2) is 6.10 Å². The van der Waals surface area contributed by atoms with Gasteiger partial charge in [0.2, 0.25) is 0 Å². The molecule has 1 unspecified atom stereocenters. The zero-order chi connectivity index (χ0) is 59.2. The Bertz CT molecular complexity index is 1410. The van der Waals surface area contributed by atoms with Gasteiger partial charge in [0.05, 0.1) is 0 Å². The SMILES string of the molecule is CCCC/C=C\CCCCCCCC(=O)OCC(COC(=O)CCCCCCCCCCCCCCCCCCCCCCCCC/C=C\CCCCCCCCCC)OC(=O)CCCCCCCCC/C=C\C/C=C\CCCCCC. The Kier molecular flexibility index (Phi) is 68.6. The molecular formula is C76H140O6. The lowest BCUT2D eigenvalue weighted by atomic mass is 10.0. The molecule has 1 atom stereocenters. The van der Waals surface area contributed by atoms with Gasteiger partial charge < -0.3 is 14.2 Å². The third-order valence-electron chi connectivity index (χ3n) is 16.5. The van der Waals surface area contributed by atoms with E-state index < -0.39 is 6.10 Å². The van der Waals surface area contributed by atoms with Crippen molar-refractivity contribution in [1.29, 1.82) is 0 Å². The monoisotopic (exact) mass is 1150 g/mol.